The van der Waals surface area contributed by atoms with Crippen LogP contribution in [0.25, 0.3) is 10.4 Å². The molecule has 0 aliphatic carbocycles. The summed E-state index contributed by atoms with van der Waals surface area (Å²) in [6, 6.07) is 5.97. The summed E-state index contributed by atoms with van der Waals surface area (Å²) in [5.41, 5.74) is 8.43. The fourth-order valence-corrected chi connectivity index (χ4v) is 1.16. The molecular weight excluding hydrogens is 196 g/mol. The van der Waals surface area contributed by atoms with Crippen molar-refractivity contribution in [2.45, 2.75) is 19.4 Å². The maximum Gasteiger partial charge on any atom is 0.269 e. The first-order chi connectivity index (χ1) is 6.97. The summed E-state index contributed by atoms with van der Waals surface area (Å²) in [5.74, 6) is 0. The zero-order valence-electron chi connectivity index (χ0n) is 8.41. The molecule has 1 aromatic carbocycles. The lowest BCUT2D eigenvalue weighted by Crippen LogP contribution is -2.12. The van der Waals surface area contributed by atoms with Gasteiger partial charge in [0.05, 0.1) is 10.5 Å². The molecule has 0 fully saturated rings. The highest BCUT2D eigenvalue weighted by molar-refractivity contribution is 5.35. The van der Waals surface area contributed by atoms with Crippen LogP contribution in [-0.2, 0) is 5.54 Å². The van der Waals surface area contributed by atoms with E-state index >= 15 is 0 Å². The second-order valence-electron chi connectivity index (χ2n) is 3.55. The van der Waals surface area contributed by atoms with Gasteiger partial charge in [-0.25, -0.2) is 0 Å². The molecule has 0 aliphatic rings. The topological polar surface area (TPSA) is 91.9 Å². The van der Waals surface area contributed by atoms with Gasteiger partial charge in [0, 0.05) is 17.0 Å². The molecule has 0 atom stereocenters. The van der Waals surface area contributed by atoms with Crippen molar-refractivity contribution in [1.82, 2.24) is 0 Å². The number of non-ortho nitro benzene ring substituents is 1. The van der Waals surface area contributed by atoms with Crippen molar-refractivity contribution < 1.29 is 4.92 Å². The van der Waals surface area contributed by atoms with Crippen LogP contribution in [0, 0.1) is 10.1 Å². The van der Waals surface area contributed by atoms with Crippen LogP contribution in [0.1, 0.15) is 19.4 Å². The van der Waals surface area contributed by atoms with Crippen molar-refractivity contribution >= 4 is 5.69 Å². The Hall–Kier alpha value is -2.07. The average Bonchev–Trinajstić information content (AvgIpc) is 2.18. The summed E-state index contributed by atoms with van der Waals surface area (Å²) in [6.07, 6.45) is 0. The SMILES string of the molecule is CC(C)(N=[N+]=[N-])c1ccc([N+](=O)[O-])cc1. The summed E-state index contributed by atoms with van der Waals surface area (Å²) in [6.45, 7) is 3.49. The van der Waals surface area contributed by atoms with Gasteiger partial charge in [-0.1, -0.05) is 31.1 Å². The first kappa shape index (κ1) is 11.0. The molecule has 1 aromatic rings. The summed E-state index contributed by atoms with van der Waals surface area (Å²) in [7, 11) is 0. The van der Waals surface area contributed by atoms with E-state index in [-0.39, 0.29) is 5.69 Å². The van der Waals surface area contributed by atoms with Crippen LogP contribution in [0.3, 0.4) is 0 Å². The van der Waals surface area contributed by atoms with Crippen LogP contribution in [0.2, 0.25) is 0 Å². The first-order valence-corrected chi connectivity index (χ1v) is 4.28. The lowest BCUT2D eigenvalue weighted by atomic mass is 9.95. The number of nitrogens with zero attached hydrogens (tertiary/aromatic N) is 4. The molecule has 0 N–H and O–H groups in total. The molecule has 0 saturated carbocycles. The highest BCUT2D eigenvalue weighted by Gasteiger charge is 2.19. The Morgan fingerprint density at radius 3 is 2.33 bits per heavy atom. The average molecular weight is 206 g/mol. The third-order valence-corrected chi connectivity index (χ3v) is 2.08. The van der Waals surface area contributed by atoms with E-state index in [1.165, 1.54) is 12.1 Å². The number of nitro groups is 1. The van der Waals surface area contributed by atoms with E-state index in [9.17, 15) is 10.1 Å². The second-order valence-corrected chi connectivity index (χ2v) is 3.55. The molecule has 0 aromatic heterocycles. The summed E-state index contributed by atoms with van der Waals surface area (Å²) in [5, 5.41) is 14.0. The van der Waals surface area contributed by atoms with Gasteiger partial charge in [0.1, 0.15) is 0 Å². The molecular formula is C9H10N4O2. The van der Waals surface area contributed by atoms with Crippen molar-refractivity contribution in [3.63, 3.8) is 0 Å². The van der Waals surface area contributed by atoms with Crippen molar-refractivity contribution in [2.24, 2.45) is 5.11 Å². The fourth-order valence-electron chi connectivity index (χ4n) is 1.16. The number of rotatable bonds is 3. The molecule has 0 aliphatic heterocycles. The van der Waals surface area contributed by atoms with Crippen LogP contribution in [-0.4, -0.2) is 4.92 Å². The van der Waals surface area contributed by atoms with Gasteiger partial charge in [-0.3, -0.25) is 10.1 Å². The number of hydrogen-bond acceptors (Lipinski definition) is 3. The Bertz CT molecular complexity index is 418. The van der Waals surface area contributed by atoms with Crippen molar-refractivity contribution in [1.29, 1.82) is 0 Å². The minimum Gasteiger partial charge on any atom is -0.258 e. The monoisotopic (exact) mass is 206 g/mol. The number of benzene rings is 1. The van der Waals surface area contributed by atoms with Crippen molar-refractivity contribution in [2.75, 3.05) is 0 Å². The molecule has 6 nitrogen and oxygen atoms in total. The van der Waals surface area contributed by atoms with E-state index in [1.807, 2.05) is 0 Å². The predicted molar refractivity (Wildman–Crippen MR) is 55.3 cm³/mol. The summed E-state index contributed by atoms with van der Waals surface area (Å²) >= 11 is 0. The van der Waals surface area contributed by atoms with Gasteiger partial charge < -0.3 is 0 Å². The van der Waals surface area contributed by atoms with Gasteiger partial charge in [-0.2, -0.15) is 0 Å². The Balaban J connectivity index is 3.08. The second kappa shape index (κ2) is 3.98. The van der Waals surface area contributed by atoms with E-state index < -0.39 is 10.5 Å². The lowest BCUT2D eigenvalue weighted by Gasteiger charge is -2.17. The highest BCUT2D eigenvalue weighted by Crippen LogP contribution is 2.26. The van der Waals surface area contributed by atoms with Gasteiger partial charge in [0.2, 0.25) is 0 Å². The zero-order chi connectivity index (χ0) is 11.5. The third-order valence-electron chi connectivity index (χ3n) is 2.08. The zero-order valence-corrected chi connectivity index (χ0v) is 8.41. The third kappa shape index (κ3) is 2.45. The molecule has 0 heterocycles. The molecule has 0 saturated heterocycles. The predicted octanol–water partition coefficient (Wildman–Crippen LogP) is 3.14. The van der Waals surface area contributed by atoms with E-state index in [2.05, 4.69) is 10.0 Å². The summed E-state index contributed by atoms with van der Waals surface area (Å²) in [4.78, 5) is 12.7. The standard InChI is InChI=1S/C9H10N4O2/c1-9(2,11-12-10)7-3-5-8(6-4-7)13(14)15/h3-6H,1-2H3. The van der Waals surface area contributed by atoms with E-state index in [4.69, 9.17) is 5.53 Å². The van der Waals surface area contributed by atoms with Crippen LogP contribution in [0.4, 0.5) is 5.69 Å². The van der Waals surface area contributed by atoms with Crippen LogP contribution >= 0.6 is 0 Å². The lowest BCUT2D eigenvalue weighted by molar-refractivity contribution is -0.384. The van der Waals surface area contributed by atoms with Crippen molar-refractivity contribution in [3.8, 4) is 0 Å². The highest BCUT2D eigenvalue weighted by atomic mass is 16.6. The van der Waals surface area contributed by atoms with E-state index in [0.717, 1.165) is 5.56 Å². The maximum atomic E-state index is 10.4. The Morgan fingerprint density at radius 2 is 1.93 bits per heavy atom. The molecule has 0 spiro atoms. The maximum absolute atomic E-state index is 10.4. The quantitative estimate of drug-likeness (QED) is 0.250. The first-order valence-electron chi connectivity index (χ1n) is 4.28. The number of nitro benzene ring substituents is 1. The Morgan fingerprint density at radius 1 is 1.40 bits per heavy atom. The largest absolute Gasteiger partial charge is 0.269 e. The minimum atomic E-state index is -0.691. The fraction of sp³-hybridized carbons (Fsp3) is 0.333. The van der Waals surface area contributed by atoms with Gasteiger partial charge in [0.25, 0.3) is 5.69 Å². The Labute approximate surface area is 86.3 Å². The van der Waals surface area contributed by atoms with Gasteiger partial charge in [-0.05, 0) is 11.1 Å². The van der Waals surface area contributed by atoms with E-state index in [0.29, 0.717) is 0 Å². The number of hydrogen-bond donors (Lipinski definition) is 0. The van der Waals surface area contributed by atoms with E-state index in [1.54, 1.807) is 26.0 Å². The van der Waals surface area contributed by atoms with Crippen LogP contribution in [0.15, 0.2) is 29.4 Å². The molecule has 1 rings (SSSR count). The van der Waals surface area contributed by atoms with Crippen LogP contribution in [0.5, 0.6) is 0 Å². The Kier molecular flexibility index (Phi) is 2.92. The minimum absolute atomic E-state index is 0.0236. The molecule has 0 unspecified atom stereocenters. The van der Waals surface area contributed by atoms with Gasteiger partial charge in [0.15, 0.2) is 0 Å². The normalized spacial score (nSPS) is 10.5. The molecule has 0 radical (unpaired) electrons. The van der Waals surface area contributed by atoms with Gasteiger partial charge in [-0.15, -0.1) is 0 Å². The van der Waals surface area contributed by atoms with Gasteiger partial charge >= 0.3 is 0 Å². The molecule has 78 valence electrons. The molecule has 0 amide bonds. The number of azide groups is 1. The molecule has 6 heteroatoms. The molecule has 15 heavy (non-hydrogen) atoms. The van der Waals surface area contributed by atoms with Crippen molar-refractivity contribution in [3.05, 3.63) is 50.4 Å². The van der Waals surface area contributed by atoms with Crippen LogP contribution < -0.4 is 0 Å². The summed E-state index contributed by atoms with van der Waals surface area (Å²) < 4.78 is 0. The smallest absolute Gasteiger partial charge is 0.258 e. The molecule has 0 bridgehead atoms.